The van der Waals surface area contributed by atoms with Gasteiger partial charge in [-0.25, -0.2) is 0 Å². The van der Waals surface area contributed by atoms with Gasteiger partial charge >= 0.3 is 0 Å². The van der Waals surface area contributed by atoms with Crippen molar-refractivity contribution in [3.05, 3.63) is 0 Å². The minimum Gasteiger partial charge on any atom is -0.301 e. The van der Waals surface area contributed by atoms with Crippen LogP contribution in [0.5, 0.6) is 0 Å². The monoisotopic (exact) mass is 267 g/mol. The summed E-state index contributed by atoms with van der Waals surface area (Å²) in [5.41, 5.74) is 0. The molecular formula is C16H33N3. The van der Waals surface area contributed by atoms with Crippen LogP contribution in [0.15, 0.2) is 0 Å². The number of hydrogen-bond acceptors (Lipinski definition) is 3. The van der Waals surface area contributed by atoms with Crippen molar-refractivity contribution in [1.29, 1.82) is 0 Å². The molecule has 2 aliphatic heterocycles. The molecular weight excluding hydrogens is 234 g/mol. The summed E-state index contributed by atoms with van der Waals surface area (Å²) in [4.78, 5) is 7.93. The molecule has 0 radical (unpaired) electrons. The lowest BCUT2D eigenvalue weighted by atomic mass is 9.85. The first-order chi connectivity index (χ1) is 9.10. The molecule has 0 aromatic heterocycles. The van der Waals surface area contributed by atoms with Crippen LogP contribution in [0.1, 0.15) is 34.1 Å². The van der Waals surface area contributed by atoms with E-state index in [1.165, 1.54) is 58.8 Å². The van der Waals surface area contributed by atoms with E-state index < -0.39 is 0 Å². The number of hydrogen-bond donors (Lipinski definition) is 0. The Labute approximate surface area is 119 Å². The first kappa shape index (κ1) is 15.3. The van der Waals surface area contributed by atoms with Crippen LogP contribution in [0, 0.1) is 11.8 Å². The molecule has 0 saturated carbocycles. The minimum atomic E-state index is 0.719. The number of piperidine rings is 1. The number of rotatable bonds is 4. The summed E-state index contributed by atoms with van der Waals surface area (Å²) >= 11 is 0. The second kappa shape index (κ2) is 7.05. The minimum absolute atomic E-state index is 0.719. The highest BCUT2D eigenvalue weighted by molar-refractivity contribution is 4.83. The number of likely N-dealkylation sites (tertiary alicyclic amines) is 1. The number of nitrogens with zero attached hydrogens (tertiary/aromatic N) is 3. The summed E-state index contributed by atoms with van der Waals surface area (Å²) in [5, 5.41) is 0. The Hall–Kier alpha value is -0.120. The molecule has 0 N–H and O–H groups in total. The molecule has 2 heterocycles. The van der Waals surface area contributed by atoms with E-state index in [1.807, 2.05) is 0 Å². The molecule has 2 rings (SSSR count). The fourth-order valence-electron chi connectivity index (χ4n) is 3.59. The van der Waals surface area contributed by atoms with E-state index in [2.05, 4.69) is 42.4 Å². The lowest BCUT2D eigenvalue weighted by Crippen LogP contribution is -2.50. The van der Waals surface area contributed by atoms with Crippen molar-refractivity contribution in [2.45, 2.75) is 40.2 Å². The fourth-order valence-corrected chi connectivity index (χ4v) is 3.59. The molecule has 112 valence electrons. The molecule has 0 aromatic carbocycles. The van der Waals surface area contributed by atoms with Gasteiger partial charge in [0.2, 0.25) is 0 Å². The average Bonchev–Trinajstić information content (AvgIpc) is 2.41. The highest BCUT2D eigenvalue weighted by atomic mass is 15.3. The predicted octanol–water partition coefficient (Wildman–Crippen LogP) is 1.99. The normalized spacial score (nSPS) is 32.1. The number of piperazine rings is 1. The third-order valence-electron chi connectivity index (χ3n) is 5.25. The highest BCUT2D eigenvalue weighted by Crippen LogP contribution is 2.25. The van der Waals surface area contributed by atoms with Crippen LogP contribution in [-0.2, 0) is 0 Å². The summed E-state index contributed by atoms with van der Waals surface area (Å²) in [6.45, 7) is 19.7. The standard InChI is InChI=1S/C16H33N3/c1-5-17-8-10-18(11-9-17)13-16-6-7-19(14(2)3)12-15(16)4/h14-16H,5-13H2,1-4H3. The zero-order valence-electron chi connectivity index (χ0n) is 13.4. The van der Waals surface area contributed by atoms with Gasteiger partial charge in [-0.1, -0.05) is 13.8 Å². The van der Waals surface area contributed by atoms with Gasteiger partial charge in [0.25, 0.3) is 0 Å². The Bertz CT molecular complexity index is 259. The maximum atomic E-state index is 2.71. The van der Waals surface area contributed by atoms with E-state index in [4.69, 9.17) is 0 Å². The molecule has 2 atom stereocenters. The van der Waals surface area contributed by atoms with Gasteiger partial charge in [0.15, 0.2) is 0 Å². The van der Waals surface area contributed by atoms with Gasteiger partial charge in [0.05, 0.1) is 0 Å². The molecule has 0 aliphatic carbocycles. The van der Waals surface area contributed by atoms with Crippen LogP contribution < -0.4 is 0 Å². The lowest BCUT2D eigenvalue weighted by Gasteiger charge is -2.42. The van der Waals surface area contributed by atoms with E-state index >= 15 is 0 Å². The van der Waals surface area contributed by atoms with E-state index in [1.54, 1.807) is 0 Å². The van der Waals surface area contributed by atoms with E-state index in [0.717, 1.165) is 17.9 Å². The second-order valence-corrected chi connectivity index (χ2v) is 6.85. The Morgan fingerprint density at radius 1 is 1.00 bits per heavy atom. The van der Waals surface area contributed by atoms with Gasteiger partial charge in [0, 0.05) is 45.3 Å². The zero-order valence-corrected chi connectivity index (χ0v) is 13.4. The number of likely N-dealkylation sites (N-methyl/N-ethyl adjacent to an activating group) is 1. The van der Waals surface area contributed by atoms with Crippen LogP contribution in [-0.4, -0.2) is 73.1 Å². The van der Waals surface area contributed by atoms with Crippen molar-refractivity contribution in [1.82, 2.24) is 14.7 Å². The molecule has 0 bridgehead atoms. The van der Waals surface area contributed by atoms with Crippen molar-refractivity contribution in [2.24, 2.45) is 11.8 Å². The smallest absolute Gasteiger partial charge is 0.0110 e. The van der Waals surface area contributed by atoms with E-state index in [0.29, 0.717) is 0 Å². The molecule has 0 spiro atoms. The first-order valence-corrected chi connectivity index (χ1v) is 8.29. The second-order valence-electron chi connectivity index (χ2n) is 6.85. The van der Waals surface area contributed by atoms with E-state index in [-0.39, 0.29) is 0 Å². The van der Waals surface area contributed by atoms with Crippen molar-refractivity contribution in [3.63, 3.8) is 0 Å². The largest absolute Gasteiger partial charge is 0.301 e. The fraction of sp³-hybridized carbons (Fsp3) is 1.00. The van der Waals surface area contributed by atoms with Crippen LogP contribution in [0.3, 0.4) is 0 Å². The van der Waals surface area contributed by atoms with Gasteiger partial charge in [-0.15, -0.1) is 0 Å². The zero-order chi connectivity index (χ0) is 13.8. The van der Waals surface area contributed by atoms with Crippen molar-refractivity contribution in [3.8, 4) is 0 Å². The molecule has 2 unspecified atom stereocenters. The van der Waals surface area contributed by atoms with Crippen LogP contribution >= 0.6 is 0 Å². The molecule has 2 fully saturated rings. The third kappa shape index (κ3) is 4.17. The van der Waals surface area contributed by atoms with Crippen LogP contribution in [0.2, 0.25) is 0 Å². The van der Waals surface area contributed by atoms with Crippen LogP contribution in [0.25, 0.3) is 0 Å². The van der Waals surface area contributed by atoms with Crippen molar-refractivity contribution >= 4 is 0 Å². The summed E-state index contributed by atoms with van der Waals surface area (Å²) in [6, 6.07) is 0.719. The average molecular weight is 267 g/mol. The molecule has 3 nitrogen and oxygen atoms in total. The maximum Gasteiger partial charge on any atom is 0.0110 e. The molecule has 2 saturated heterocycles. The maximum absolute atomic E-state index is 2.71. The quantitative estimate of drug-likeness (QED) is 0.771. The van der Waals surface area contributed by atoms with Crippen LogP contribution in [0.4, 0.5) is 0 Å². The Kier molecular flexibility index (Phi) is 5.67. The third-order valence-corrected chi connectivity index (χ3v) is 5.25. The summed E-state index contributed by atoms with van der Waals surface area (Å²) in [6.07, 6.45) is 1.40. The highest BCUT2D eigenvalue weighted by Gasteiger charge is 2.29. The molecule has 2 aliphatic rings. The molecule has 19 heavy (non-hydrogen) atoms. The Morgan fingerprint density at radius 3 is 2.16 bits per heavy atom. The summed E-state index contributed by atoms with van der Waals surface area (Å²) < 4.78 is 0. The predicted molar refractivity (Wildman–Crippen MR) is 82.5 cm³/mol. The molecule has 0 amide bonds. The van der Waals surface area contributed by atoms with Gasteiger partial charge < -0.3 is 14.7 Å². The first-order valence-electron chi connectivity index (χ1n) is 8.29. The SMILES string of the molecule is CCN1CCN(CC2CCN(C(C)C)CC2C)CC1. The summed E-state index contributed by atoms with van der Waals surface area (Å²) in [5.74, 6) is 1.78. The lowest BCUT2D eigenvalue weighted by molar-refractivity contribution is 0.0593. The Morgan fingerprint density at radius 2 is 1.63 bits per heavy atom. The van der Waals surface area contributed by atoms with Gasteiger partial charge in [-0.2, -0.15) is 0 Å². The van der Waals surface area contributed by atoms with Gasteiger partial charge in [0.1, 0.15) is 0 Å². The van der Waals surface area contributed by atoms with Crippen molar-refractivity contribution < 1.29 is 0 Å². The van der Waals surface area contributed by atoms with Gasteiger partial charge in [-0.3, -0.25) is 0 Å². The van der Waals surface area contributed by atoms with E-state index in [9.17, 15) is 0 Å². The molecule has 3 heteroatoms. The topological polar surface area (TPSA) is 9.72 Å². The van der Waals surface area contributed by atoms with Gasteiger partial charge in [-0.05, 0) is 45.2 Å². The summed E-state index contributed by atoms with van der Waals surface area (Å²) in [7, 11) is 0. The Balaban J connectivity index is 1.75. The van der Waals surface area contributed by atoms with Crippen molar-refractivity contribution in [2.75, 3.05) is 52.4 Å². The molecule has 0 aromatic rings.